The molecule has 294 valence electrons. The van der Waals surface area contributed by atoms with Gasteiger partial charge in [-0.05, 0) is 89.0 Å². The van der Waals surface area contributed by atoms with Gasteiger partial charge in [0.05, 0.1) is 31.0 Å². The van der Waals surface area contributed by atoms with Crippen molar-refractivity contribution in [3.8, 4) is 23.0 Å². The maximum atomic E-state index is 13.1. The van der Waals surface area contributed by atoms with Gasteiger partial charge < -0.3 is 29.2 Å². The molecule has 15 nitrogen and oxygen atoms in total. The van der Waals surface area contributed by atoms with Gasteiger partial charge in [-0.25, -0.2) is 14.3 Å². The van der Waals surface area contributed by atoms with Crippen molar-refractivity contribution in [2.24, 2.45) is 5.41 Å². The number of esters is 1. The lowest BCUT2D eigenvalue weighted by Gasteiger charge is -2.17. The second-order valence-corrected chi connectivity index (χ2v) is 15.2. The van der Waals surface area contributed by atoms with E-state index in [1.165, 1.54) is 17.5 Å². The number of carbonyl (C=O) groups excluding carboxylic acids is 2. The summed E-state index contributed by atoms with van der Waals surface area (Å²) in [6, 6.07) is 17.6. The number of fused-ring (bicyclic) bond motifs is 1. The minimum Gasteiger partial charge on any atom is -0.497 e. The average molecular weight is 764 g/mol. The highest BCUT2D eigenvalue weighted by molar-refractivity contribution is 5.94. The van der Waals surface area contributed by atoms with E-state index < -0.39 is 5.41 Å². The van der Waals surface area contributed by atoms with Crippen LogP contribution in [0.4, 0.5) is 5.82 Å². The Hall–Kier alpha value is -5.96. The molecular weight excluding hydrogens is 715 g/mol. The first-order valence-corrected chi connectivity index (χ1v) is 18.9. The predicted molar refractivity (Wildman–Crippen MR) is 209 cm³/mol. The summed E-state index contributed by atoms with van der Waals surface area (Å²) in [6.45, 7) is 7.97. The van der Waals surface area contributed by atoms with Crippen LogP contribution in [0.5, 0.6) is 23.0 Å². The summed E-state index contributed by atoms with van der Waals surface area (Å²) in [7, 11) is 3.75. The van der Waals surface area contributed by atoms with Gasteiger partial charge in [-0.1, -0.05) is 23.4 Å². The van der Waals surface area contributed by atoms with E-state index in [0.29, 0.717) is 60.1 Å². The Bertz CT molecular complexity index is 2150. The van der Waals surface area contributed by atoms with Crippen LogP contribution in [-0.2, 0) is 34.2 Å². The fourth-order valence-electron chi connectivity index (χ4n) is 6.36. The first-order chi connectivity index (χ1) is 27.0. The van der Waals surface area contributed by atoms with E-state index in [1.807, 2.05) is 70.3 Å². The van der Waals surface area contributed by atoms with E-state index in [0.717, 1.165) is 29.7 Å². The lowest BCUT2D eigenvalue weighted by molar-refractivity contribution is -0.157. The number of benzene rings is 2. The summed E-state index contributed by atoms with van der Waals surface area (Å²) in [5.41, 5.74) is 1.72. The number of hydrogen-bond donors (Lipinski definition) is 1. The third kappa shape index (κ3) is 9.45. The molecule has 1 amide bonds. The molecule has 0 radical (unpaired) electrons. The van der Waals surface area contributed by atoms with Crippen LogP contribution in [0.25, 0.3) is 11.0 Å². The fourth-order valence-corrected chi connectivity index (χ4v) is 6.36. The second-order valence-electron chi connectivity index (χ2n) is 15.2. The van der Waals surface area contributed by atoms with E-state index in [4.69, 9.17) is 29.0 Å². The van der Waals surface area contributed by atoms with Crippen LogP contribution in [0.1, 0.15) is 51.3 Å². The van der Waals surface area contributed by atoms with Crippen molar-refractivity contribution in [2.75, 3.05) is 39.1 Å². The normalized spacial score (nSPS) is 15.8. The molecule has 1 N–H and O–H groups in total. The summed E-state index contributed by atoms with van der Waals surface area (Å²) in [4.78, 5) is 34.2. The number of methoxy groups -OCH3 is 1. The van der Waals surface area contributed by atoms with Gasteiger partial charge in [0, 0.05) is 50.1 Å². The molecule has 0 unspecified atom stereocenters. The smallest absolute Gasteiger partial charge is 0.313 e. The number of rotatable bonds is 16. The van der Waals surface area contributed by atoms with E-state index in [-0.39, 0.29) is 31.3 Å². The van der Waals surface area contributed by atoms with Crippen LogP contribution in [-0.4, -0.2) is 97.3 Å². The SMILES string of the molecule is COc1ccc(Cn2nc(N[C@@H]3CCN(C(=O)C=CCN(C)C4CC4)C3)c3c(Oc4ccc(OCc5cnnn5COC(=O)C(C)(C)C)cc4)ccnc32)cc1. The molecule has 3 aromatic heterocycles. The molecule has 0 bridgehead atoms. The molecule has 2 aromatic carbocycles. The summed E-state index contributed by atoms with van der Waals surface area (Å²) >= 11 is 0. The Morgan fingerprint density at radius 2 is 1.73 bits per heavy atom. The predicted octanol–water partition coefficient (Wildman–Crippen LogP) is 5.66. The Kier molecular flexibility index (Phi) is 11.5. The van der Waals surface area contributed by atoms with Crippen molar-refractivity contribution >= 4 is 28.7 Å². The number of nitrogens with one attached hydrogen (secondary N) is 1. The molecule has 1 saturated carbocycles. The maximum Gasteiger partial charge on any atom is 0.313 e. The first-order valence-electron chi connectivity index (χ1n) is 18.9. The molecule has 2 fully saturated rings. The molecule has 56 heavy (non-hydrogen) atoms. The topological polar surface area (TPSA) is 151 Å². The third-order valence-corrected chi connectivity index (χ3v) is 9.82. The quantitative estimate of drug-likeness (QED) is 0.0976. The van der Waals surface area contributed by atoms with E-state index in [1.54, 1.807) is 46.4 Å². The van der Waals surface area contributed by atoms with Crippen molar-refractivity contribution in [1.82, 2.24) is 39.6 Å². The second kappa shape index (κ2) is 16.8. The summed E-state index contributed by atoms with van der Waals surface area (Å²) in [6.07, 6.45) is 10.2. The third-order valence-electron chi connectivity index (χ3n) is 9.82. The number of pyridine rings is 1. The van der Waals surface area contributed by atoms with Crippen LogP contribution >= 0.6 is 0 Å². The summed E-state index contributed by atoms with van der Waals surface area (Å²) < 4.78 is 26.6. The Balaban J connectivity index is 1.05. The summed E-state index contributed by atoms with van der Waals surface area (Å²) in [5, 5.41) is 17.3. The standard InChI is InChI=1S/C41H49N9O6/c1-41(2,3)40(52)55-27-50-31(23-43-46-50)26-54-33-14-16-34(17-15-33)56-35-18-20-42-39-37(35)38(45-49(39)24-28-8-12-32(53-5)13-9-28)44-29-19-22-48(25-29)36(51)7-6-21-47(4)30-10-11-30/h6-9,12-18,20,23,29-30H,10-11,19,21-22,24-27H2,1-5H3,(H,44,45)/t29-/m1/s1. The molecule has 1 aliphatic carbocycles. The zero-order valence-electron chi connectivity index (χ0n) is 32.6. The van der Waals surface area contributed by atoms with Crippen LogP contribution in [0, 0.1) is 5.41 Å². The minimum atomic E-state index is -0.623. The number of aromatic nitrogens is 6. The molecule has 1 saturated heterocycles. The van der Waals surface area contributed by atoms with Gasteiger partial charge in [0.25, 0.3) is 0 Å². The molecule has 1 aliphatic heterocycles. The average Bonchev–Trinajstić information content (AvgIpc) is 3.61. The van der Waals surface area contributed by atoms with Crippen molar-refractivity contribution in [1.29, 1.82) is 0 Å². The van der Waals surface area contributed by atoms with Crippen LogP contribution in [0.2, 0.25) is 0 Å². The number of amides is 1. The van der Waals surface area contributed by atoms with Crippen molar-refractivity contribution in [3.05, 3.63) is 90.4 Å². The van der Waals surface area contributed by atoms with Crippen molar-refractivity contribution in [3.63, 3.8) is 0 Å². The van der Waals surface area contributed by atoms with Gasteiger partial charge in [-0.15, -0.1) is 5.10 Å². The zero-order valence-corrected chi connectivity index (χ0v) is 32.6. The van der Waals surface area contributed by atoms with Gasteiger partial charge in [-0.3, -0.25) is 14.5 Å². The van der Waals surface area contributed by atoms with Crippen LogP contribution < -0.4 is 19.5 Å². The molecule has 15 heteroatoms. The molecule has 0 spiro atoms. The minimum absolute atomic E-state index is 0.00411. The van der Waals surface area contributed by atoms with Crippen molar-refractivity contribution in [2.45, 2.75) is 72.0 Å². The highest BCUT2D eigenvalue weighted by Gasteiger charge is 2.29. The first kappa shape index (κ1) is 38.3. The lowest BCUT2D eigenvalue weighted by Crippen LogP contribution is -2.30. The number of likely N-dealkylation sites (N-methyl/N-ethyl adjacent to an activating group) is 1. The van der Waals surface area contributed by atoms with Crippen molar-refractivity contribution < 1.29 is 28.5 Å². The van der Waals surface area contributed by atoms with Crippen LogP contribution in [0.15, 0.2) is 79.1 Å². The van der Waals surface area contributed by atoms with E-state index >= 15 is 0 Å². The number of nitrogens with zero attached hydrogens (tertiary/aromatic N) is 8. The number of anilines is 1. The lowest BCUT2D eigenvalue weighted by atomic mass is 9.98. The summed E-state index contributed by atoms with van der Waals surface area (Å²) in [5.74, 6) is 2.89. The van der Waals surface area contributed by atoms with Gasteiger partial charge in [0.1, 0.15) is 35.0 Å². The van der Waals surface area contributed by atoms with Crippen LogP contribution in [0.3, 0.4) is 0 Å². The van der Waals surface area contributed by atoms with E-state index in [2.05, 4.69) is 27.6 Å². The molecule has 4 heterocycles. The largest absolute Gasteiger partial charge is 0.497 e. The zero-order chi connectivity index (χ0) is 39.2. The molecular formula is C41H49N9O6. The number of likely N-dealkylation sites (tertiary alicyclic amines) is 1. The highest BCUT2D eigenvalue weighted by Crippen LogP contribution is 2.36. The van der Waals surface area contributed by atoms with Gasteiger partial charge in [0.15, 0.2) is 18.2 Å². The molecule has 5 aromatic rings. The Labute approximate surface area is 326 Å². The fraction of sp³-hybridized carbons (Fsp3) is 0.415. The number of ether oxygens (including phenoxy) is 4. The molecule has 2 aliphatic rings. The van der Waals surface area contributed by atoms with Gasteiger partial charge >= 0.3 is 5.97 Å². The van der Waals surface area contributed by atoms with E-state index in [9.17, 15) is 9.59 Å². The molecule has 1 atom stereocenters. The highest BCUT2D eigenvalue weighted by atomic mass is 16.5. The number of hydrogen-bond acceptors (Lipinski definition) is 12. The maximum absolute atomic E-state index is 13.1. The van der Waals surface area contributed by atoms with Gasteiger partial charge in [-0.2, -0.15) is 5.10 Å². The Morgan fingerprint density at radius 3 is 2.46 bits per heavy atom. The molecule has 7 rings (SSSR count). The van der Waals surface area contributed by atoms with Gasteiger partial charge in [0.2, 0.25) is 5.91 Å². The Morgan fingerprint density at radius 1 is 0.982 bits per heavy atom. The monoisotopic (exact) mass is 763 g/mol. The number of carbonyl (C=O) groups is 2.